The molecule has 5 N–H and O–H groups in total. The molecule has 0 aliphatic carbocycles. The minimum absolute atomic E-state index is 0.0420. The number of allylic oxidation sites excluding steroid dienone is 1. The molecule has 40 heavy (non-hydrogen) atoms. The number of ether oxygens (including phenoxy) is 1. The maximum absolute atomic E-state index is 12.3. The summed E-state index contributed by atoms with van der Waals surface area (Å²) in [6, 6.07) is 15.5. The normalized spacial score (nSPS) is 13.6. The molecule has 0 saturated heterocycles. The number of aromatic nitrogens is 2. The molecule has 210 valence electrons. The number of nitrogens with one attached hydrogen (secondary N) is 3. The number of benzene rings is 2. The van der Waals surface area contributed by atoms with E-state index in [2.05, 4.69) is 36.3 Å². The fourth-order valence-corrected chi connectivity index (χ4v) is 4.72. The lowest BCUT2D eigenvalue weighted by Crippen LogP contribution is -2.37. The number of carbonyl (C=O) groups is 1. The number of hydrogen-bond donors (Lipinski definition) is 4. The van der Waals surface area contributed by atoms with Crippen LogP contribution in [0.4, 0.5) is 11.5 Å². The molecule has 0 bridgehead atoms. The van der Waals surface area contributed by atoms with Crippen LogP contribution in [-0.4, -0.2) is 52.7 Å². The van der Waals surface area contributed by atoms with Crippen molar-refractivity contribution in [1.29, 1.82) is 5.41 Å². The highest BCUT2D eigenvalue weighted by Gasteiger charge is 2.22. The fraction of sp³-hybridized carbons (Fsp3) is 0.355. The van der Waals surface area contributed by atoms with Crippen LogP contribution < -0.4 is 21.1 Å². The van der Waals surface area contributed by atoms with E-state index in [1.807, 2.05) is 48.5 Å². The summed E-state index contributed by atoms with van der Waals surface area (Å²) in [5.41, 5.74) is 11.0. The van der Waals surface area contributed by atoms with Gasteiger partial charge in [-0.15, -0.1) is 0 Å². The number of anilines is 2. The number of carbonyl (C=O) groups excluding carboxylic acids is 1. The number of rotatable bonds is 12. The first-order chi connectivity index (χ1) is 19.5. The molecule has 1 aromatic heterocycles. The van der Waals surface area contributed by atoms with E-state index in [1.165, 1.54) is 12.4 Å². The second kappa shape index (κ2) is 13.7. The average Bonchev–Trinajstić information content (AvgIpc) is 3.00. The molecular formula is C31H39N7O2. The number of nitrogens with zero attached hydrogens (tertiary/aromatic N) is 3. The van der Waals surface area contributed by atoms with Crippen LogP contribution in [0.1, 0.15) is 50.4 Å². The van der Waals surface area contributed by atoms with Gasteiger partial charge in [0, 0.05) is 60.4 Å². The van der Waals surface area contributed by atoms with Gasteiger partial charge in [-0.1, -0.05) is 45.0 Å². The predicted octanol–water partition coefficient (Wildman–Crippen LogP) is 4.90. The van der Waals surface area contributed by atoms with Gasteiger partial charge in [0.25, 0.3) is 5.91 Å². The maximum atomic E-state index is 12.3. The van der Waals surface area contributed by atoms with Crippen LogP contribution in [0, 0.1) is 5.41 Å². The zero-order valence-corrected chi connectivity index (χ0v) is 23.5. The molecule has 0 spiro atoms. The van der Waals surface area contributed by atoms with Gasteiger partial charge >= 0.3 is 0 Å². The van der Waals surface area contributed by atoms with Gasteiger partial charge in [0.1, 0.15) is 11.6 Å². The van der Waals surface area contributed by atoms with Crippen molar-refractivity contribution in [1.82, 2.24) is 20.2 Å². The SMILES string of the molecule is CCC(CC)NC(=O)COc1cccc(-c2nc3c(c(Nc4ccc(/C(C=N)=C/N)cc4)n2)CN(CC)CC3)c1. The molecule has 2 heterocycles. The van der Waals surface area contributed by atoms with Crippen molar-refractivity contribution in [3.8, 4) is 17.1 Å². The second-order valence-corrected chi connectivity index (χ2v) is 9.81. The highest BCUT2D eigenvalue weighted by Crippen LogP contribution is 2.31. The first kappa shape index (κ1) is 28.8. The van der Waals surface area contributed by atoms with Crippen LogP contribution in [0.5, 0.6) is 5.75 Å². The summed E-state index contributed by atoms with van der Waals surface area (Å²) in [6.07, 6.45) is 5.28. The summed E-state index contributed by atoms with van der Waals surface area (Å²) in [5.74, 6) is 1.84. The Morgan fingerprint density at radius 2 is 1.93 bits per heavy atom. The van der Waals surface area contributed by atoms with Crippen LogP contribution in [0.2, 0.25) is 0 Å². The number of likely N-dealkylation sites (N-methyl/N-ethyl adjacent to an activating group) is 1. The first-order valence-corrected chi connectivity index (χ1v) is 13.9. The van der Waals surface area contributed by atoms with E-state index in [9.17, 15) is 4.79 Å². The third-order valence-corrected chi connectivity index (χ3v) is 7.22. The van der Waals surface area contributed by atoms with Crippen molar-refractivity contribution in [2.75, 3.05) is 25.0 Å². The number of amides is 1. The zero-order valence-electron chi connectivity index (χ0n) is 23.5. The second-order valence-electron chi connectivity index (χ2n) is 9.81. The van der Waals surface area contributed by atoms with Crippen LogP contribution in [0.15, 0.2) is 54.7 Å². The van der Waals surface area contributed by atoms with Crippen molar-refractivity contribution in [2.24, 2.45) is 5.73 Å². The van der Waals surface area contributed by atoms with Crippen LogP contribution in [0.3, 0.4) is 0 Å². The lowest BCUT2D eigenvalue weighted by Gasteiger charge is -2.28. The minimum atomic E-state index is -0.128. The lowest BCUT2D eigenvalue weighted by atomic mass is 10.0. The minimum Gasteiger partial charge on any atom is -0.484 e. The Labute approximate surface area is 236 Å². The fourth-order valence-electron chi connectivity index (χ4n) is 4.72. The van der Waals surface area contributed by atoms with Crippen molar-refractivity contribution >= 4 is 29.2 Å². The van der Waals surface area contributed by atoms with Crippen molar-refractivity contribution in [3.63, 3.8) is 0 Å². The molecule has 0 radical (unpaired) electrons. The van der Waals surface area contributed by atoms with E-state index in [0.717, 1.165) is 72.8 Å². The van der Waals surface area contributed by atoms with Gasteiger partial charge in [0.15, 0.2) is 12.4 Å². The summed E-state index contributed by atoms with van der Waals surface area (Å²) in [4.78, 5) is 24.6. The first-order valence-electron chi connectivity index (χ1n) is 13.9. The third kappa shape index (κ3) is 7.04. The van der Waals surface area contributed by atoms with E-state index in [-0.39, 0.29) is 18.6 Å². The molecule has 3 aromatic rings. The number of hydrogen-bond acceptors (Lipinski definition) is 8. The predicted molar refractivity (Wildman–Crippen MR) is 161 cm³/mol. The topological polar surface area (TPSA) is 129 Å². The van der Waals surface area contributed by atoms with Gasteiger partial charge < -0.3 is 26.5 Å². The Kier molecular flexibility index (Phi) is 9.86. The average molecular weight is 542 g/mol. The zero-order chi connectivity index (χ0) is 28.5. The van der Waals surface area contributed by atoms with Crippen LogP contribution in [-0.2, 0) is 17.8 Å². The summed E-state index contributed by atoms with van der Waals surface area (Å²) < 4.78 is 5.82. The van der Waals surface area contributed by atoms with E-state index < -0.39 is 0 Å². The van der Waals surface area contributed by atoms with Gasteiger partial charge in [-0.2, -0.15) is 0 Å². The van der Waals surface area contributed by atoms with E-state index in [1.54, 1.807) is 0 Å². The third-order valence-electron chi connectivity index (χ3n) is 7.22. The molecule has 9 nitrogen and oxygen atoms in total. The Morgan fingerprint density at radius 1 is 1.15 bits per heavy atom. The smallest absolute Gasteiger partial charge is 0.258 e. The largest absolute Gasteiger partial charge is 0.484 e. The van der Waals surface area contributed by atoms with Crippen LogP contribution >= 0.6 is 0 Å². The Hall–Kier alpha value is -4.24. The molecule has 4 rings (SSSR count). The highest BCUT2D eigenvalue weighted by molar-refractivity contribution is 6.08. The molecule has 0 fully saturated rings. The van der Waals surface area contributed by atoms with Gasteiger partial charge in [-0.25, -0.2) is 9.97 Å². The molecule has 2 aromatic carbocycles. The molecule has 1 aliphatic heterocycles. The van der Waals surface area contributed by atoms with Crippen molar-refractivity contribution in [3.05, 3.63) is 71.6 Å². The Balaban J connectivity index is 1.60. The van der Waals surface area contributed by atoms with Crippen molar-refractivity contribution in [2.45, 2.75) is 52.6 Å². The Morgan fingerprint density at radius 3 is 2.60 bits per heavy atom. The number of nitrogens with two attached hydrogens (primary N) is 1. The molecular weight excluding hydrogens is 502 g/mol. The molecule has 1 aliphatic rings. The summed E-state index contributed by atoms with van der Waals surface area (Å²) >= 11 is 0. The standard InChI is InChI=1S/C31H39N7O2/c1-4-24(5-2)34-29(39)20-40-26-9-7-8-22(16-26)30-36-28-14-15-38(6-3)19-27(28)31(37-30)35-25-12-10-21(11-13-25)23(17-32)18-33/h7-13,16-18,24,32H,4-6,14-15,19-20,33H2,1-3H3,(H,34,39)(H,35,36,37)/b23-18+,32-17?. The van der Waals surface area contributed by atoms with E-state index in [4.69, 9.17) is 25.8 Å². The van der Waals surface area contributed by atoms with Gasteiger partial charge in [-0.3, -0.25) is 9.69 Å². The van der Waals surface area contributed by atoms with Gasteiger partial charge in [-0.05, 0) is 49.2 Å². The van der Waals surface area contributed by atoms with Crippen LogP contribution in [0.25, 0.3) is 17.0 Å². The summed E-state index contributed by atoms with van der Waals surface area (Å²) in [5, 5.41) is 14.0. The van der Waals surface area contributed by atoms with Crippen molar-refractivity contribution < 1.29 is 9.53 Å². The molecule has 0 unspecified atom stereocenters. The lowest BCUT2D eigenvalue weighted by molar-refractivity contribution is -0.123. The van der Waals surface area contributed by atoms with E-state index in [0.29, 0.717) is 17.1 Å². The maximum Gasteiger partial charge on any atom is 0.258 e. The Bertz CT molecular complexity index is 1350. The quantitative estimate of drug-likeness (QED) is 0.240. The molecule has 1 amide bonds. The number of fused-ring (bicyclic) bond motifs is 1. The molecule has 0 atom stereocenters. The monoisotopic (exact) mass is 541 g/mol. The summed E-state index contributed by atoms with van der Waals surface area (Å²) in [6.45, 7) is 8.91. The molecule has 0 saturated carbocycles. The van der Waals surface area contributed by atoms with E-state index >= 15 is 0 Å². The highest BCUT2D eigenvalue weighted by atomic mass is 16.5. The summed E-state index contributed by atoms with van der Waals surface area (Å²) in [7, 11) is 0. The van der Waals surface area contributed by atoms with Gasteiger partial charge in [0.2, 0.25) is 0 Å². The van der Waals surface area contributed by atoms with Gasteiger partial charge in [0.05, 0.1) is 5.69 Å². The molecule has 9 heteroatoms.